The van der Waals surface area contributed by atoms with E-state index in [1.807, 2.05) is 6.92 Å². The number of carbonyl (C=O) groups excluding carboxylic acids is 1. The number of halogens is 3. The number of carbonyl (C=O) groups is 1. The summed E-state index contributed by atoms with van der Waals surface area (Å²) in [4.78, 5) is 13.3. The van der Waals surface area contributed by atoms with Crippen molar-refractivity contribution >= 4 is 11.6 Å². The lowest BCUT2D eigenvalue weighted by Crippen LogP contribution is -2.32. The van der Waals surface area contributed by atoms with Crippen LogP contribution in [0.5, 0.6) is 0 Å². The summed E-state index contributed by atoms with van der Waals surface area (Å²) in [6.45, 7) is 1.89. The van der Waals surface area contributed by atoms with Crippen LogP contribution in [0.25, 0.3) is 0 Å². The Morgan fingerprint density at radius 1 is 1.45 bits per heavy atom. The van der Waals surface area contributed by atoms with Crippen molar-refractivity contribution in [3.63, 3.8) is 0 Å². The first kappa shape index (κ1) is 14.4. The predicted octanol–water partition coefficient (Wildman–Crippen LogP) is 3.48. The van der Waals surface area contributed by atoms with E-state index in [2.05, 4.69) is 0 Å². The molecular weight excluding hydrogens is 269 g/mol. The molecule has 1 amide bonds. The maximum absolute atomic E-state index is 12.9. The van der Waals surface area contributed by atoms with Crippen LogP contribution in [0.2, 0.25) is 0 Å². The Morgan fingerprint density at radius 2 is 2.15 bits per heavy atom. The number of nitrogens with zero attached hydrogens (tertiary/aromatic N) is 2. The molecule has 1 aromatic rings. The molecule has 1 fully saturated rings. The van der Waals surface area contributed by atoms with Gasteiger partial charge in [-0.25, -0.2) is 0 Å². The smallest absolute Gasteiger partial charge is 0.309 e. The minimum Gasteiger partial charge on any atom is -0.309 e. The molecule has 1 aliphatic rings. The highest BCUT2D eigenvalue weighted by molar-refractivity contribution is 5.96. The molecule has 1 heterocycles. The van der Waals surface area contributed by atoms with Crippen LogP contribution in [-0.4, -0.2) is 11.9 Å². The highest BCUT2D eigenvalue weighted by atomic mass is 19.4. The molecule has 0 radical (unpaired) electrons. The molecule has 0 bridgehead atoms. The van der Waals surface area contributed by atoms with Crippen LogP contribution in [-0.2, 0) is 11.0 Å². The Bertz CT molecular complexity index is 575. The minimum atomic E-state index is -4.61. The fourth-order valence-electron chi connectivity index (χ4n) is 2.50. The van der Waals surface area contributed by atoms with Crippen molar-refractivity contribution in [3.8, 4) is 6.07 Å². The highest BCUT2D eigenvalue weighted by Crippen LogP contribution is 2.36. The van der Waals surface area contributed by atoms with Crippen LogP contribution in [0, 0.1) is 11.3 Å². The molecule has 106 valence electrons. The minimum absolute atomic E-state index is 0.0727. The van der Waals surface area contributed by atoms with Crippen LogP contribution >= 0.6 is 0 Å². The zero-order chi connectivity index (χ0) is 14.9. The number of benzene rings is 1. The van der Waals surface area contributed by atoms with Crippen molar-refractivity contribution in [2.75, 3.05) is 4.90 Å². The summed E-state index contributed by atoms with van der Waals surface area (Å²) in [5.74, 6) is -0.172. The fraction of sp³-hybridized carbons (Fsp3) is 0.429. The van der Waals surface area contributed by atoms with Crippen molar-refractivity contribution in [3.05, 3.63) is 29.3 Å². The van der Waals surface area contributed by atoms with Gasteiger partial charge in [-0.1, -0.05) is 6.92 Å². The second-order valence-electron chi connectivity index (χ2n) is 4.70. The number of anilines is 1. The summed E-state index contributed by atoms with van der Waals surface area (Å²) in [5.41, 5.74) is -1.21. The van der Waals surface area contributed by atoms with Gasteiger partial charge in [-0.15, -0.1) is 0 Å². The van der Waals surface area contributed by atoms with E-state index in [4.69, 9.17) is 5.26 Å². The topological polar surface area (TPSA) is 44.1 Å². The molecule has 0 N–H and O–H groups in total. The summed E-state index contributed by atoms with van der Waals surface area (Å²) in [7, 11) is 0. The number of alkyl halides is 3. The summed E-state index contributed by atoms with van der Waals surface area (Å²) in [5, 5.41) is 8.76. The third-order valence-electron chi connectivity index (χ3n) is 3.50. The number of hydrogen-bond donors (Lipinski definition) is 0. The van der Waals surface area contributed by atoms with Crippen molar-refractivity contribution in [2.24, 2.45) is 0 Å². The van der Waals surface area contributed by atoms with E-state index in [0.29, 0.717) is 19.3 Å². The van der Waals surface area contributed by atoms with E-state index in [1.54, 1.807) is 0 Å². The van der Waals surface area contributed by atoms with Crippen molar-refractivity contribution in [2.45, 2.75) is 38.4 Å². The van der Waals surface area contributed by atoms with Crippen LogP contribution in [0.4, 0.5) is 18.9 Å². The third-order valence-corrected chi connectivity index (χ3v) is 3.50. The van der Waals surface area contributed by atoms with E-state index in [0.717, 1.165) is 12.1 Å². The molecular formula is C14H13F3N2O. The van der Waals surface area contributed by atoms with Gasteiger partial charge >= 0.3 is 6.18 Å². The zero-order valence-electron chi connectivity index (χ0n) is 10.9. The Morgan fingerprint density at radius 3 is 2.70 bits per heavy atom. The van der Waals surface area contributed by atoms with Gasteiger partial charge < -0.3 is 4.90 Å². The van der Waals surface area contributed by atoms with Crippen LogP contribution in [0.1, 0.15) is 37.3 Å². The predicted molar refractivity (Wildman–Crippen MR) is 67.0 cm³/mol. The van der Waals surface area contributed by atoms with E-state index in [9.17, 15) is 18.0 Å². The van der Waals surface area contributed by atoms with Crippen molar-refractivity contribution in [1.82, 2.24) is 0 Å². The first-order valence-corrected chi connectivity index (χ1v) is 6.32. The van der Waals surface area contributed by atoms with E-state index < -0.39 is 17.3 Å². The Kier molecular flexibility index (Phi) is 3.71. The van der Waals surface area contributed by atoms with Crippen LogP contribution in [0.15, 0.2) is 18.2 Å². The molecule has 0 aromatic heterocycles. The van der Waals surface area contributed by atoms with Gasteiger partial charge in [-0.3, -0.25) is 4.79 Å². The van der Waals surface area contributed by atoms with Gasteiger partial charge in [-0.05, 0) is 31.0 Å². The van der Waals surface area contributed by atoms with Gasteiger partial charge in [0, 0.05) is 18.2 Å². The first-order chi connectivity index (χ1) is 9.38. The van der Waals surface area contributed by atoms with Gasteiger partial charge in [0.05, 0.1) is 17.2 Å². The molecule has 2 rings (SSSR count). The fourth-order valence-corrected chi connectivity index (χ4v) is 2.50. The number of hydrogen-bond acceptors (Lipinski definition) is 2. The van der Waals surface area contributed by atoms with Crippen molar-refractivity contribution in [1.29, 1.82) is 5.26 Å². The Hall–Kier alpha value is -2.03. The molecule has 1 atom stereocenters. The van der Waals surface area contributed by atoms with E-state index in [1.165, 1.54) is 17.0 Å². The second-order valence-corrected chi connectivity index (χ2v) is 4.70. The summed E-state index contributed by atoms with van der Waals surface area (Å²) in [6, 6.07) is 4.88. The molecule has 1 saturated heterocycles. The molecule has 3 nitrogen and oxygen atoms in total. The molecule has 0 spiro atoms. The molecule has 1 aromatic carbocycles. The quantitative estimate of drug-likeness (QED) is 0.833. The molecule has 1 aliphatic heterocycles. The lowest BCUT2D eigenvalue weighted by atomic mass is 10.1. The summed E-state index contributed by atoms with van der Waals surface area (Å²) in [6.07, 6.45) is -2.92. The summed E-state index contributed by atoms with van der Waals surface area (Å²) >= 11 is 0. The van der Waals surface area contributed by atoms with Gasteiger partial charge in [0.25, 0.3) is 0 Å². The third kappa shape index (κ3) is 2.48. The zero-order valence-corrected chi connectivity index (χ0v) is 10.9. The second kappa shape index (κ2) is 5.16. The maximum Gasteiger partial charge on any atom is 0.417 e. The largest absolute Gasteiger partial charge is 0.417 e. The van der Waals surface area contributed by atoms with E-state index >= 15 is 0 Å². The van der Waals surface area contributed by atoms with Gasteiger partial charge in [0.2, 0.25) is 5.91 Å². The van der Waals surface area contributed by atoms with Crippen molar-refractivity contribution < 1.29 is 18.0 Å². The standard InChI is InChI=1S/C14H13F3N2O/c1-2-10-5-6-13(20)19(10)11-4-3-9(8-18)12(7-11)14(15,16)17/h3-4,7,10H,2,5-6H2,1H3/t10-/m1/s1. The van der Waals surface area contributed by atoms with Crippen LogP contribution in [0.3, 0.4) is 0 Å². The van der Waals surface area contributed by atoms with Gasteiger partial charge in [0.15, 0.2) is 0 Å². The average Bonchev–Trinajstić information content (AvgIpc) is 2.78. The lowest BCUT2D eigenvalue weighted by molar-refractivity contribution is -0.137. The molecule has 0 aliphatic carbocycles. The SMILES string of the molecule is CC[C@@H]1CCC(=O)N1c1ccc(C#N)c(C(F)(F)F)c1. The molecule has 0 saturated carbocycles. The van der Waals surface area contributed by atoms with Gasteiger partial charge in [0.1, 0.15) is 0 Å². The summed E-state index contributed by atoms with van der Waals surface area (Å²) < 4.78 is 38.8. The molecule has 20 heavy (non-hydrogen) atoms. The first-order valence-electron chi connectivity index (χ1n) is 6.32. The maximum atomic E-state index is 12.9. The van der Waals surface area contributed by atoms with Crippen LogP contribution < -0.4 is 4.90 Å². The lowest BCUT2D eigenvalue weighted by Gasteiger charge is -2.25. The van der Waals surface area contributed by atoms with Gasteiger partial charge in [-0.2, -0.15) is 18.4 Å². The normalized spacial score (nSPS) is 19.2. The number of amides is 1. The number of nitriles is 1. The monoisotopic (exact) mass is 282 g/mol. The molecule has 0 unspecified atom stereocenters. The average molecular weight is 282 g/mol. The Labute approximate surface area is 114 Å². The number of rotatable bonds is 2. The molecule has 6 heteroatoms. The van der Waals surface area contributed by atoms with E-state index in [-0.39, 0.29) is 17.6 Å². The highest BCUT2D eigenvalue weighted by Gasteiger charge is 2.36. The Balaban J connectivity index is 2.49.